The fourth-order valence-electron chi connectivity index (χ4n) is 8.55. The highest BCUT2D eigenvalue weighted by Crippen LogP contribution is 2.66. The molecule has 5 rings (SSSR count). The zero-order chi connectivity index (χ0) is 23.2. The van der Waals surface area contributed by atoms with Crippen molar-refractivity contribution in [1.82, 2.24) is 10.2 Å². The second-order valence-electron chi connectivity index (χ2n) is 11.7. The van der Waals surface area contributed by atoms with Crippen LogP contribution in [0.1, 0.15) is 65.2 Å². The smallest absolute Gasteiger partial charge is 0.230 e. The number of amides is 2. The van der Waals surface area contributed by atoms with Gasteiger partial charge < -0.3 is 10.2 Å². The summed E-state index contributed by atoms with van der Waals surface area (Å²) in [4.78, 5) is 28.2. The first-order valence-electron chi connectivity index (χ1n) is 13.0. The highest BCUT2D eigenvalue weighted by Gasteiger charge is 2.60. The van der Waals surface area contributed by atoms with E-state index in [-0.39, 0.29) is 11.3 Å². The minimum atomic E-state index is 0.160. The van der Waals surface area contributed by atoms with Crippen LogP contribution in [0.25, 0.3) is 0 Å². The molecule has 2 amide bonds. The zero-order valence-corrected chi connectivity index (χ0v) is 21.3. The van der Waals surface area contributed by atoms with E-state index < -0.39 is 0 Å². The Morgan fingerprint density at radius 2 is 1.79 bits per heavy atom. The summed E-state index contributed by atoms with van der Waals surface area (Å²) >= 11 is 1.62. The van der Waals surface area contributed by atoms with E-state index in [9.17, 15) is 9.59 Å². The molecule has 0 radical (unpaired) electrons. The molecule has 1 aromatic carbocycles. The van der Waals surface area contributed by atoms with E-state index in [2.05, 4.69) is 36.2 Å². The molecule has 4 nitrogen and oxygen atoms in total. The molecule has 1 aromatic rings. The van der Waals surface area contributed by atoms with Crippen LogP contribution in [0, 0.1) is 34.5 Å². The fourth-order valence-corrected chi connectivity index (χ4v) is 9.30. The molecule has 0 spiro atoms. The quantitative estimate of drug-likeness (QED) is 0.591. The maximum Gasteiger partial charge on any atom is 0.230 e. The van der Waals surface area contributed by atoms with E-state index in [1.54, 1.807) is 11.8 Å². The zero-order valence-electron chi connectivity index (χ0n) is 20.5. The van der Waals surface area contributed by atoms with Crippen molar-refractivity contribution in [1.29, 1.82) is 0 Å². The summed E-state index contributed by atoms with van der Waals surface area (Å²) in [6, 6.07) is 10.6. The Morgan fingerprint density at radius 3 is 2.58 bits per heavy atom. The summed E-state index contributed by atoms with van der Waals surface area (Å²) < 4.78 is 0. The molecule has 1 N–H and O–H groups in total. The Bertz CT molecular complexity index is 891. The molecule has 3 saturated carbocycles. The van der Waals surface area contributed by atoms with Crippen LogP contribution >= 0.6 is 11.8 Å². The predicted octanol–water partition coefficient (Wildman–Crippen LogP) is 5.37. The molecule has 4 fully saturated rings. The van der Waals surface area contributed by atoms with Gasteiger partial charge in [-0.2, -0.15) is 0 Å². The molecule has 33 heavy (non-hydrogen) atoms. The number of nitrogens with zero attached hydrogens (tertiary/aromatic N) is 1. The number of benzene rings is 1. The topological polar surface area (TPSA) is 49.4 Å². The van der Waals surface area contributed by atoms with Gasteiger partial charge in [0.05, 0.1) is 5.75 Å². The number of nitrogens with one attached hydrogen (secondary N) is 1. The standard InChI is InChI=1S/C28H40N2O2S/c1-27-15-13-23-21(10-12-24-28(23,2)16-14-26(32)30(24)3)22(27)11-9-19(27)17-29-25(31)18-33-20-7-5-4-6-8-20/h4-8,19,21-24H,9-18H2,1-3H3,(H,29,31)/t19?,21-,22-,23-,24+,27+,28+/m0/s1. The van der Waals surface area contributed by atoms with E-state index in [1.807, 2.05) is 25.2 Å². The number of piperidine rings is 1. The van der Waals surface area contributed by atoms with Gasteiger partial charge in [0, 0.05) is 31.0 Å². The van der Waals surface area contributed by atoms with Crippen molar-refractivity contribution in [3.05, 3.63) is 30.3 Å². The van der Waals surface area contributed by atoms with Crippen LogP contribution < -0.4 is 5.32 Å². The largest absolute Gasteiger partial charge is 0.355 e. The lowest BCUT2D eigenvalue weighted by molar-refractivity contribution is -0.158. The van der Waals surface area contributed by atoms with Gasteiger partial charge in [-0.05, 0) is 91.6 Å². The Kier molecular flexibility index (Phi) is 6.30. The summed E-state index contributed by atoms with van der Waals surface area (Å²) in [5.41, 5.74) is 0.633. The van der Waals surface area contributed by atoms with Crippen LogP contribution in [0.4, 0.5) is 0 Å². The highest BCUT2D eigenvalue weighted by molar-refractivity contribution is 8.00. The van der Waals surface area contributed by atoms with Crippen molar-refractivity contribution in [2.75, 3.05) is 19.3 Å². The minimum absolute atomic E-state index is 0.160. The van der Waals surface area contributed by atoms with Crippen molar-refractivity contribution in [2.24, 2.45) is 34.5 Å². The van der Waals surface area contributed by atoms with Crippen LogP contribution in [-0.4, -0.2) is 42.1 Å². The first kappa shape index (κ1) is 23.3. The molecular weight excluding hydrogens is 428 g/mol. The predicted molar refractivity (Wildman–Crippen MR) is 134 cm³/mol. The number of thioether (sulfide) groups is 1. The van der Waals surface area contributed by atoms with Crippen LogP contribution in [0.3, 0.4) is 0 Å². The maximum atomic E-state index is 12.6. The van der Waals surface area contributed by atoms with E-state index in [0.717, 1.165) is 42.0 Å². The van der Waals surface area contributed by atoms with Gasteiger partial charge in [0.1, 0.15) is 0 Å². The molecule has 7 atom stereocenters. The van der Waals surface area contributed by atoms with E-state index in [4.69, 9.17) is 0 Å². The number of carbonyl (C=O) groups is 2. The molecule has 3 aliphatic carbocycles. The van der Waals surface area contributed by atoms with Crippen molar-refractivity contribution < 1.29 is 9.59 Å². The van der Waals surface area contributed by atoms with Crippen molar-refractivity contribution >= 4 is 23.6 Å². The highest BCUT2D eigenvalue weighted by atomic mass is 32.2. The maximum absolute atomic E-state index is 12.6. The lowest BCUT2D eigenvalue weighted by Gasteiger charge is -2.61. The summed E-state index contributed by atoms with van der Waals surface area (Å²) in [5, 5.41) is 3.28. The fraction of sp³-hybridized carbons (Fsp3) is 0.714. The minimum Gasteiger partial charge on any atom is -0.355 e. The van der Waals surface area contributed by atoms with Crippen molar-refractivity contribution in [3.63, 3.8) is 0 Å². The van der Waals surface area contributed by atoms with Gasteiger partial charge in [-0.25, -0.2) is 0 Å². The number of likely N-dealkylation sites (tertiary alicyclic amines) is 1. The molecule has 0 bridgehead atoms. The van der Waals surface area contributed by atoms with Gasteiger partial charge in [-0.15, -0.1) is 11.8 Å². The number of hydrogen-bond donors (Lipinski definition) is 1. The Morgan fingerprint density at radius 1 is 1.03 bits per heavy atom. The Labute approximate surface area is 203 Å². The van der Waals surface area contributed by atoms with Crippen molar-refractivity contribution in [2.45, 2.75) is 76.2 Å². The molecule has 5 heteroatoms. The number of fused-ring (bicyclic) bond motifs is 5. The van der Waals surface area contributed by atoms with Crippen LogP contribution in [0.5, 0.6) is 0 Å². The second-order valence-corrected chi connectivity index (χ2v) is 12.8. The van der Waals surface area contributed by atoms with Gasteiger partial charge in [-0.3, -0.25) is 9.59 Å². The van der Waals surface area contributed by atoms with Gasteiger partial charge in [0.2, 0.25) is 11.8 Å². The van der Waals surface area contributed by atoms with Crippen LogP contribution in [-0.2, 0) is 9.59 Å². The molecule has 1 aliphatic heterocycles. The average molecular weight is 469 g/mol. The molecule has 1 heterocycles. The number of rotatable bonds is 5. The lowest BCUT2D eigenvalue weighted by Crippen LogP contribution is -2.61. The molecule has 180 valence electrons. The number of carbonyl (C=O) groups excluding carboxylic acids is 2. The lowest BCUT2D eigenvalue weighted by atomic mass is 9.47. The monoisotopic (exact) mass is 468 g/mol. The summed E-state index contributed by atoms with van der Waals surface area (Å²) in [5.74, 6) is 3.91. The van der Waals surface area contributed by atoms with Gasteiger partial charge in [0.15, 0.2) is 0 Å². The average Bonchev–Trinajstić information content (AvgIpc) is 3.16. The molecular formula is C28H40N2O2S. The normalized spacial score (nSPS) is 40.0. The molecule has 1 unspecified atom stereocenters. The second kappa shape index (κ2) is 8.94. The van der Waals surface area contributed by atoms with Crippen molar-refractivity contribution in [3.8, 4) is 0 Å². The van der Waals surface area contributed by atoms with Crippen LogP contribution in [0.2, 0.25) is 0 Å². The third-order valence-electron chi connectivity index (χ3n) is 10.4. The first-order chi connectivity index (χ1) is 15.8. The molecule has 1 saturated heterocycles. The van der Waals surface area contributed by atoms with Gasteiger partial charge in [0.25, 0.3) is 0 Å². The Hall–Kier alpha value is -1.49. The van der Waals surface area contributed by atoms with E-state index in [0.29, 0.717) is 29.0 Å². The van der Waals surface area contributed by atoms with Crippen LogP contribution in [0.15, 0.2) is 35.2 Å². The SMILES string of the molecule is CN1C(=O)CC[C@]2(C)[C@H]3CC[C@]4(C)C(CNC(=O)CSc5ccccc5)CC[C@H]4[C@@H]3CC[C@@H]12. The Balaban J connectivity index is 1.21. The summed E-state index contributed by atoms with van der Waals surface area (Å²) in [7, 11) is 2.04. The third kappa shape index (κ3) is 4.02. The summed E-state index contributed by atoms with van der Waals surface area (Å²) in [6.45, 7) is 5.86. The molecule has 0 aromatic heterocycles. The third-order valence-corrected chi connectivity index (χ3v) is 11.4. The van der Waals surface area contributed by atoms with E-state index >= 15 is 0 Å². The van der Waals surface area contributed by atoms with E-state index in [1.165, 1.54) is 38.5 Å². The molecule has 4 aliphatic rings. The number of hydrogen-bond acceptors (Lipinski definition) is 3. The van der Waals surface area contributed by atoms with Gasteiger partial charge >= 0.3 is 0 Å². The first-order valence-corrected chi connectivity index (χ1v) is 14.0. The van der Waals surface area contributed by atoms with Gasteiger partial charge in [-0.1, -0.05) is 32.0 Å². The summed E-state index contributed by atoms with van der Waals surface area (Å²) in [6.07, 6.45) is 9.37.